The minimum absolute atomic E-state index is 0.140. The molecule has 2 aromatic carbocycles. The van der Waals surface area contributed by atoms with Crippen molar-refractivity contribution < 1.29 is 9.90 Å². The van der Waals surface area contributed by atoms with E-state index in [4.69, 9.17) is 4.99 Å². The van der Waals surface area contributed by atoms with E-state index in [1.54, 1.807) is 11.3 Å². The third-order valence-electron chi connectivity index (χ3n) is 7.51. The Morgan fingerprint density at radius 2 is 1.55 bits per heavy atom. The van der Waals surface area contributed by atoms with Crippen LogP contribution in [-0.2, 0) is 4.79 Å². The Kier molecular flexibility index (Phi) is 6.23. The molecule has 9 heteroatoms. The van der Waals surface area contributed by atoms with Gasteiger partial charge in [0.2, 0.25) is 0 Å². The predicted molar refractivity (Wildman–Crippen MR) is 151 cm³/mol. The summed E-state index contributed by atoms with van der Waals surface area (Å²) in [4.78, 5) is 22.9. The van der Waals surface area contributed by atoms with Gasteiger partial charge in [-0.05, 0) is 50.6 Å². The minimum atomic E-state index is -0.909. The number of nitrogens with zero attached hydrogens (tertiary/aromatic N) is 6. The summed E-state index contributed by atoms with van der Waals surface area (Å²) in [5.74, 6) is 0.406. The second-order valence-corrected chi connectivity index (χ2v) is 11.1. The molecule has 1 atom stereocenters. The smallest absolute Gasteiger partial charge is 0.306 e. The molecule has 2 aliphatic rings. The van der Waals surface area contributed by atoms with Gasteiger partial charge in [-0.25, -0.2) is 0 Å². The average Bonchev–Trinajstić information content (AvgIpc) is 3.41. The Morgan fingerprint density at radius 3 is 2.18 bits per heavy atom. The molecule has 1 N–H and O–H groups in total. The monoisotopic (exact) mass is 526 g/mol. The minimum Gasteiger partial charge on any atom is -0.481 e. The number of carboxylic acids is 1. The van der Waals surface area contributed by atoms with Crippen LogP contribution in [0.2, 0.25) is 0 Å². The topological polar surface area (TPSA) is 86.8 Å². The SMILES string of the molecule is Cc1sc2c(c1C)C(c1ccc(N3CCN(c4ccccc4)CC3)cc1)=N[C@@H](CC(=O)O)c1nnc(C)n1-2. The highest BCUT2D eigenvalue weighted by atomic mass is 32.1. The van der Waals surface area contributed by atoms with E-state index in [1.807, 2.05) is 11.5 Å². The van der Waals surface area contributed by atoms with Crippen LogP contribution < -0.4 is 9.80 Å². The standard InChI is InChI=1S/C29H30N6O2S/c1-18-19(2)38-29-26(18)27(30-24(17-25(36)37)28-32-31-20(3)35(28)29)21-9-11-23(12-10-21)34-15-13-33(14-16-34)22-7-5-4-6-8-22/h4-12,24H,13-17H2,1-3H3,(H,36,37)/t24-/m0/s1. The maximum atomic E-state index is 11.8. The summed E-state index contributed by atoms with van der Waals surface area (Å²) in [6.07, 6.45) is -0.140. The Balaban J connectivity index is 1.33. The van der Waals surface area contributed by atoms with Crippen LogP contribution >= 0.6 is 11.3 Å². The van der Waals surface area contributed by atoms with E-state index in [0.717, 1.165) is 59.4 Å². The van der Waals surface area contributed by atoms with Crippen LogP contribution in [0.4, 0.5) is 11.4 Å². The molecular formula is C29H30N6O2S. The fraction of sp³-hybridized carbons (Fsp3) is 0.310. The largest absolute Gasteiger partial charge is 0.481 e. The number of para-hydroxylation sites is 1. The van der Waals surface area contributed by atoms with Crippen LogP contribution in [0, 0.1) is 20.8 Å². The number of aliphatic carboxylic acids is 1. The number of fused-ring (bicyclic) bond motifs is 3. The quantitative estimate of drug-likeness (QED) is 0.396. The molecule has 0 bridgehead atoms. The van der Waals surface area contributed by atoms with Gasteiger partial charge in [-0.15, -0.1) is 21.5 Å². The first-order chi connectivity index (χ1) is 18.4. The number of piperazine rings is 1. The zero-order chi connectivity index (χ0) is 26.4. The van der Waals surface area contributed by atoms with Crippen LogP contribution in [-0.4, -0.2) is 57.7 Å². The summed E-state index contributed by atoms with van der Waals surface area (Å²) in [6, 6.07) is 18.5. The lowest BCUT2D eigenvalue weighted by molar-refractivity contribution is -0.137. The molecule has 0 radical (unpaired) electrons. The first kappa shape index (κ1) is 24.4. The van der Waals surface area contributed by atoms with E-state index in [0.29, 0.717) is 5.82 Å². The van der Waals surface area contributed by atoms with Gasteiger partial charge in [0.05, 0.1) is 12.1 Å². The summed E-state index contributed by atoms with van der Waals surface area (Å²) >= 11 is 1.68. The number of benzene rings is 2. The molecule has 2 aromatic heterocycles. The lowest BCUT2D eigenvalue weighted by Crippen LogP contribution is -2.46. The van der Waals surface area contributed by atoms with E-state index < -0.39 is 12.0 Å². The van der Waals surface area contributed by atoms with Gasteiger partial charge in [-0.1, -0.05) is 30.3 Å². The lowest BCUT2D eigenvalue weighted by Gasteiger charge is -2.37. The summed E-state index contributed by atoms with van der Waals surface area (Å²) in [5, 5.41) is 19.3. The van der Waals surface area contributed by atoms with Crippen molar-refractivity contribution in [1.29, 1.82) is 0 Å². The van der Waals surface area contributed by atoms with Crippen molar-refractivity contribution in [3.63, 3.8) is 0 Å². The van der Waals surface area contributed by atoms with Crippen LogP contribution in [0.3, 0.4) is 0 Å². The number of aliphatic imine (C=N–C) groups is 1. The molecule has 0 spiro atoms. The fourth-order valence-electron chi connectivity index (χ4n) is 5.38. The number of rotatable bonds is 5. The maximum Gasteiger partial charge on any atom is 0.306 e. The van der Waals surface area contributed by atoms with Crippen molar-refractivity contribution in [1.82, 2.24) is 14.8 Å². The van der Waals surface area contributed by atoms with Crippen molar-refractivity contribution in [2.45, 2.75) is 33.2 Å². The number of anilines is 2. The van der Waals surface area contributed by atoms with E-state index in [1.165, 1.54) is 16.3 Å². The van der Waals surface area contributed by atoms with Crippen molar-refractivity contribution in [2.75, 3.05) is 36.0 Å². The molecule has 0 saturated carbocycles. The van der Waals surface area contributed by atoms with Gasteiger partial charge < -0.3 is 14.9 Å². The number of hydrogen-bond acceptors (Lipinski definition) is 7. The molecule has 1 fully saturated rings. The average molecular weight is 527 g/mol. The summed E-state index contributed by atoms with van der Waals surface area (Å²) in [7, 11) is 0. The van der Waals surface area contributed by atoms with Gasteiger partial charge >= 0.3 is 5.97 Å². The van der Waals surface area contributed by atoms with Gasteiger partial charge in [-0.2, -0.15) is 0 Å². The van der Waals surface area contributed by atoms with Gasteiger partial charge in [0.25, 0.3) is 0 Å². The first-order valence-corrected chi connectivity index (χ1v) is 13.7. The summed E-state index contributed by atoms with van der Waals surface area (Å²) in [5.41, 5.74) is 6.44. The zero-order valence-corrected chi connectivity index (χ0v) is 22.6. The van der Waals surface area contributed by atoms with Crippen molar-refractivity contribution >= 4 is 34.4 Å². The Morgan fingerprint density at radius 1 is 0.921 bits per heavy atom. The molecule has 0 unspecified atom stereocenters. The Labute approximate surface area is 225 Å². The van der Waals surface area contributed by atoms with Crippen molar-refractivity contribution in [2.24, 2.45) is 4.99 Å². The third-order valence-corrected chi connectivity index (χ3v) is 8.71. The molecule has 0 aliphatic carbocycles. The number of carbonyl (C=O) groups is 1. The van der Waals surface area contributed by atoms with Gasteiger partial charge in [0, 0.05) is 53.6 Å². The molecular weight excluding hydrogens is 496 g/mol. The Bertz CT molecular complexity index is 1510. The number of thiophene rings is 1. The van der Waals surface area contributed by atoms with Gasteiger partial charge in [0.1, 0.15) is 16.9 Å². The normalized spacial score (nSPS) is 17.0. The first-order valence-electron chi connectivity index (χ1n) is 12.9. The number of aryl methyl sites for hydroxylation is 2. The van der Waals surface area contributed by atoms with Crippen LogP contribution in [0.15, 0.2) is 59.6 Å². The van der Waals surface area contributed by atoms with Gasteiger partial charge in [-0.3, -0.25) is 14.4 Å². The van der Waals surface area contributed by atoms with E-state index in [2.05, 4.69) is 88.4 Å². The molecule has 1 saturated heterocycles. The van der Waals surface area contributed by atoms with Crippen LogP contribution in [0.5, 0.6) is 0 Å². The highest BCUT2D eigenvalue weighted by Gasteiger charge is 2.32. The molecule has 4 aromatic rings. The molecule has 194 valence electrons. The zero-order valence-electron chi connectivity index (χ0n) is 21.8. The molecule has 6 rings (SSSR count). The highest BCUT2D eigenvalue weighted by molar-refractivity contribution is 7.15. The predicted octanol–water partition coefficient (Wildman–Crippen LogP) is 4.95. The lowest BCUT2D eigenvalue weighted by atomic mass is 9.99. The third kappa shape index (κ3) is 4.26. The van der Waals surface area contributed by atoms with E-state index in [-0.39, 0.29) is 6.42 Å². The van der Waals surface area contributed by atoms with E-state index >= 15 is 0 Å². The summed E-state index contributed by atoms with van der Waals surface area (Å²) < 4.78 is 1.99. The Hall–Kier alpha value is -3.98. The van der Waals surface area contributed by atoms with Crippen LogP contribution in [0.1, 0.15) is 45.7 Å². The van der Waals surface area contributed by atoms with Crippen molar-refractivity contribution in [3.8, 4) is 5.00 Å². The maximum absolute atomic E-state index is 11.8. The molecule has 0 amide bonds. The number of aromatic nitrogens is 3. The van der Waals surface area contributed by atoms with E-state index in [9.17, 15) is 9.90 Å². The van der Waals surface area contributed by atoms with Crippen LogP contribution in [0.25, 0.3) is 5.00 Å². The molecule has 2 aliphatic heterocycles. The highest BCUT2D eigenvalue weighted by Crippen LogP contribution is 2.39. The number of hydrogen-bond donors (Lipinski definition) is 1. The van der Waals surface area contributed by atoms with Crippen molar-refractivity contribution in [3.05, 3.63) is 87.8 Å². The van der Waals surface area contributed by atoms with Gasteiger partial charge in [0.15, 0.2) is 5.82 Å². The second kappa shape index (κ2) is 9.72. The second-order valence-electron chi connectivity index (χ2n) is 9.85. The number of carboxylic acid groups (broad SMARTS) is 1. The fourth-order valence-corrected chi connectivity index (χ4v) is 6.60. The molecule has 8 nitrogen and oxygen atoms in total. The molecule has 38 heavy (non-hydrogen) atoms. The molecule has 4 heterocycles. The summed E-state index contributed by atoms with van der Waals surface area (Å²) in [6.45, 7) is 9.98.